The summed E-state index contributed by atoms with van der Waals surface area (Å²) in [5.41, 5.74) is 1.51. The minimum atomic E-state index is 0.181. The van der Waals surface area contributed by atoms with Crippen LogP contribution in [0.5, 0.6) is 0 Å². The number of rotatable bonds is 2. The number of hydrogen-bond acceptors (Lipinski definition) is 2. The predicted octanol–water partition coefficient (Wildman–Crippen LogP) is 1.99. The first-order valence-electron chi connectivity index (χ1n) is 7.02. The molecule has 1 aromatic carbocycles. The second-order valence-corrected chi connectivity index (χ2v) is 6.64. The number of amides is 1. The molecule has 0 aromatic heterocycles. The summed E-state index contributed by atoms with van der Waals surface area (Å²) < 4.78 is 0. The lowest BCUT2D eigenvalue weighted by atomic mass is 9.67. The van der Waals surface area contributed by atoms with Crippen molar-refractivity contribution < 1.29 is 4.79 Å². The molecule has 2 aliphatic rings. The third-order valence-electron chi connectivity index (χ3n) is 4.60. The molecular formula is C16H22N2O. The second kappa shape index (κ2) is 4.34. The van der Waals surface area contributed by atoms with Gasteiger partial charge in [0.1, 0.15) is 0 Å². The maximum absolute atomic E-state index is 12.0. The summed E-state index contributed by atoms with van der Waals surface area (Å²) in [5.74, 6) is 0.522. The van der Waals surface area contributed by atoms with Crippen molar-refractivity contribution in [1.29, 1.82) is 0 Å². The molecule has 0 bridgehead atoms. The van der Waals surface area contributed by atoms with Gasteiger partial charge in [0, 0.05) is 26.7 Å². The quantitative estimate of drug-likeness (QED) is 0.757. The van der Waals surface area contributed by atoms with Crippen LogP contribution in [0.25, 0.3) is 0 Å². The lowest BCUT2D eigenvalue weighted by Crippen LogP contribution is -2.71. The second-order valence-electron chi connectivity index (χ2n) is 6.64. The molecule has 0 saturated carbocycles. The fraction of sp³-hybridized carbons (Fsp3) is 0.562. The number of benzene rings is 1. The van der Waals surface area contributed by atoms with Crippen molar-refractivity contribution in [3.05, 3.63) is 35.9 Å². The Morgan fingerprint density at radius 1 is 1.26 bits per heavy atom. The van der Waals surface area contributed by atoms with Crippen LogP contribution in [0.1, 0.15) is 19.4 Å². The van der Waals surface area contributed by atoms with E-state index in [4.69, 9.17) is 0 Å². The highest BCUT2D eigenvalue weighted by Crippen LogP contribution is 2.43. The van der Waals surface area contributed by atoms with E-state index in [0.29, 0.717) is 11.9 Å². The Labute approximate surface area is 115 Å². The molecule has 0 spiro atoms. The highest BCUT2D eigenvalue weighted by atomic mass is 16.2. The summed E-state index contributed by atoms with van der Waals surface area (Å²) in [6.45, 7) is 7.48. The van der Waals surface area contributed by atoms with E-state index in [2.05, 4.69) is 43.0 Å². The predicted molar refractivity (Wildman–Crippen MR) is 75.5 cm³/mol. The summed E-state index contributed by atoms with van der Waals surface area (Å²) in [6.07, 6.45) is 0. The molecule has 1 aromatic rings. The molecule has 3 nitrogen and oxygen atoms in total. The van der Waals surface area contributed by atoms with Crippen molar-refractivity contribution in [1.82, 2.24) is 9.80 Å². The monoisotopic (exact) mass is 258 g/mol. The molecule has 3 rings (SSSR count). The van der Waals surface area contributed by atoms with Crippen LogP contribution in [0.3, 0.4) is 0 Å². The molecule has 2 saturated heterocycles. The molecule has 0 aliphatic carbocycles. The molecule has 3 heteroatoms. The minimum absolute atomic E-state index is 0.181. The first-order valence-corrected chi connectivity index (χ1v) is 7.02. The van der Waals surface area contributed by atoms with Crippen LogP contribution in [0, 0.1) is 11.3 Å². The number of fused-ring (bicyclic) bond motifs is 1. The Hall–Kier alpha value is -1.35. The van der Waals surface area contributed by atoms with E-state index in [0.717, 1.165) is 19.6 Å². The topological polar surface area (TPSA) is 23.6 Å². The Bertz CT molecular complexity index is 483. The van der Waals surface area contributed by atoms with Gasteiger partial charge in [-0.05, 0) is 11.0 Å². The molecule has 102 valence electrons. The third kappa shape index (κ3) is 2.06. The smallest absolute Gasteiger partial charge is 0.229 e. The van der Waals surface area contributed by atoms with E-state index in [-0.39, 0.29) is 11.3 Å². The van der Waals surface area contributed by atoms with E-state index in [1.54, 1.807) is 0 Å². The fourth-order valence-corrected chi connectivity index (χ4v) is 3.94. The summed E-state index contributed by atoms with van der Waals surface area (Å²) in [5, 5.41) is 0. The first kappa shape index (κ1) is 12.7. The maximum Gasteiger partial charge on any atom is 0.229 e. The van der Waals surface area contributed by atoms with Gasteiger partial charge in [0.25, 0.3) is 0 Å². The minimum Gasteiger partial charge on any atom is -0.341 e. The van der Waals surface area contributed by atoms with Gasteiger partial charge in [0.05, 0.1) is 12.0 Å². The van der Waals surface area contributed by atoms with Gasteiger partial charge in [0.15, 0.2) is 0 Å². The van der Waals surface area contributed by atoms with Crippen molar-refractivity contribution in [3.8, 4) is 0 Å². The number of hydrogen-bond donors (Lipinski definition) is 0. The first-order chi connectivity index (χ1) is 8.99. The van der Waals surface area contributed by atoms with Gasteiger partial charge in [-0.3, -0.25) is 9.69 Å². The van der Waals surface area contributed by atoms with Gasteiger partial charge in [-0.2, -0.15) is 0 Å². The normalized spacial score (nSPS) is 29.8. The summed E-state index contributed by atoms with van der Waals surface area (Å²) in [4.78, 5) is 16.3. The van der Waals surface area contributed by atoms with Gasteiger partial charge in [-0.25, -0.2) is 0 Å². The van der Waals surface area contributed by atoms with E-state index in [1.807, 2.05) is 18.0 Å². The summed E-state index contributed by atoms with van der Waals surface area (Å²) in [6, 6.07) is 10.9. The van der Waals surface area contributed by atoms with Gasteiger partial charge >= 0.3 is 0 Å². The standard InChI is InChI=1S/C16H22N2O/c1-16(2)11-18(9-12-7-5-4-6-8-12)10-13-14(16)17(3)15(13)19/h4-8,13-14H,9-11H2,1-3H3. The zero-order valence-electron chi connectivity index (χ0n) is 12.0. The molecule has 2 heterocycles. The number of carbonyl (C=O) groups is 1. The van der Waals surface area contributed by atoms with Crippen molar-refractivity contribution in [2.75, 3.05) is 20.1 Å². The Balaban J connectivity index is 1.74. The van der Waals surface area contributed by atoms with Crippen LogP contribution in [0.2, 0.25) is 0 Å². The highest BCUT2D eigenvalue weighted by molar-refractivity contribution is 5.86. The van der Waals surface area contributed by atoms with Crippen molar-refractivity contribution in [3.63, 3.8) is 0 Å². The Kier molecular flexibility index (Phi) is 2.90. The molecule has 2 atom stereocenters. The van der Waals surface area contributed by atoms with Crippen molar-refractivity contribution in [2.24, 2.45) is 11.3 Å². The molecule has 2 unspecified atom stereocenters. The van der Waals surface area contributed by atoms with Crippen molar-refractivity contribution >= 4 is 5.91 Å². The number of carbonyl (C=O) groups excluding carboxylic acids is 1. The van der Waals surface area contributed by atoms with Crippen LogP contribution >= 0.6 is 0 Å². The summed E-state index contributed by atoms with van der Waals surface area (Å²) >= 11 is 0. The van der Waals surface area contributed by atoms with Crippen LogP contribution < -0.4 is 0 Å². The van der Waals surface area contributed by atoms with Gasteiger partial charge < -0.3 is 4.90 Å². The Morgan fingerprint density at radius 3 is 2.63 bits per heavy atom. The van der Waals surface area contributed by atoms with E-state index in [1.165, 1.54) is 5.56 Å². The van der Waals surface area contributed by atoms with Gasteiger partial charge in [-0.1, -0.05) is 44.2 Å². The largest absolute Gasteiger partial charge is 0.341 e. The average molecular weight is 258 g/mol. The van der Waals surface area contributed by atoms with E-state index in [9.17, 15) is 4.79 Å². The Morgan fingerprint density at radius 2 is 1.95 bits per heavy atom. The van der Waals surface area contributed by atoms with Crippen LogP contribution in [0.4, 0.5) is 0 Å². The number of nitrogens with zero attached hydrogens (tertiary/aromatic N) is 2. The third-order valence-corrected chi connectivity index (χ3v) is 4.60. The molecule has 2 aliphatic heterocycles. The van der Waals surface area contributed by atoms with E-state index < -0.39 is 0 Å². The number of likely N-dealkylation sites (tertiary alicyclic amines) is 2. The molecule has 1 amide bonds. The summed E-state index contributed by atoms with van der Waals surface area (Å²) in [7, 11) is 1.94. The molecule has 19 heavy (non-hydrogen) atoms. The van der Waals surface area contributed by atoms with Crippen LogP contribution in [-0.2, 0) is 11.3 Å². The van der Waals surface area contributed by atoms with E-state index >= 15 is 0 Å². The van der Waals surface area contributed by atoms with Crippen molar-refractivity contribution in [2.45, 2.75) is 26.4 Å². The zero-order valence-corrected chi connectivity index (χ0v) is 12.0. The SMILES string of the molecule is CN1C(=O)C2CN(Cc3ccccc3)CC(C)(C)C21. The number of piperidine rings is 1. The van der Waals surface area contributed by atoms with Crippen LogP contribution in [0.15, 0.2) is 30.3 Å². The molecule has 0 N–H and O–H groups in total. The lowest BCUT2D eigenvalue weighted by Gasteiger charge is -2.58. The van der Waals surface area contributed by atoms with Crippen LogP contribution in [-0.4, -0.2) is 41.9 Å². The lowest BCUT2D eigenvalue weighted by molar-refractivity contribution is -0.172. The van der Waals surface area contributed by atoms with Gasteiger partial charge in [0.2, 0.25) is 5.91 Å². The number of β-lactam (4-membered cyclic amide) rings is 1. The molecule has 0 radical (unpaired) electrons. The molecular weight excluding hydrogens is 236 g/mol. The zero-order chi connectivity index (χ0) is 13.6. The maximum atomic E-state index is 12.0. The van der Waals surface area contributed by atoms with Gasteiger partial charge in [-0.15, -0.1) is 0 Å². The fourth-order valence-electron chi connectivity index (χ4n) is 3.94. The highest BCUT2D eigenvalue weighted by Gasteiger charge is 2.55. The average Bonchev–Trinajstić information content (AvgIpc) is 2.37. The molecule has 2 fully saturated rings.